The number of nitrogens with zero attached hydrogens (tertiary/aromatic N) is 4. The second-order valence-electron chi connectivity index (χ2n) is 11.6. The van der Waals surface area contributed by atoms with Gasteiger partial charge < -0.3 is 10.4 Å². The molecule has 0 saturated carbocycles. The fourth-order valence-electron chi connectivity index (χ4n) is 7.91. The number of rotatable bonds is 6. The standard InChI is InChI=1S/C37H32N6/c1-2-11-27-26(22-38)24-14-6-8-16-28(24)37(27)29-17-9-7-15-25(29)32-30(37)19-21-40-33(32)36-42-34(23-12-4-3-5-13-23)41-35(43-36)31-18-10-20-39-31/h2,4,7,9-10,12-15,17-22,28,38-39H,1,3,5-6,8,11,16H2/t28?,37-/m0/s1. The molecule has 0 radical (unpaired) electrons. The summed E-state index contributed by atoms with van der Waals surface area (Å²) in [5, 5.41) is 8.53. The second-order valence-corrected chi connectivity index (χ2v) is 11.6. The predicted molar refractivity (Wildman–Crippen MR) is 171 cm³/mol. The molecule has 4 aliphatic rings. The third kappa shape index (κ3) is 3.69. The Kier molecular flexibility index (Phi) is 6.03. The van der Waals surface area contributed by atoms with Crippen LogP contribution in [0.4, 0.5) is 0 Å². The van der Waals surface area contributed by atoms with Crippen LogP contribution in [0.25, 0.3) is 39.7 Å². The first-order chi connectivity index (χ1) is 21.3. The van der Waals surface area contributed by atoms with Crippen molar-refractivity contribution in [1.82, 2.24) is 24.9 Å². The summed E-state index contributed by atoms with van der Waals surface area (Å²) in [5.74, 6) is 2.08. The SMILES string of the molecule is C=CCC1=C(C=N)C2=CCCCC2[C@]12c1ccccc1-c1c2ccnc1-c1nc(C2=CCCC=C2)nc(-c2ccc[nH]2)n1. The molecule has 6 nitrogen and oxygen atoms in total. The molecule has 43 heavy (non-hydrogen) atoms. The van der Waals surface area contributed by atoms with Gasteiger partial charge in [-0.1, -0.05) is 54.6 Å². The highest BCUT2D eigenvalue weighted by Crippen LogP contribution is 2.66. The van der Waals surface area contributed by atoms with Crippen LogP contribution in [0.5, 0.6) is 0 Å². The number of hydrogen-bond donors (Lipinski definition) is 2. The average molecular weight is 561 g/mol. The summed E-state index contributed by atoms with van der Waals surface area (Å²) in [6, 6.07) is 14.9. The lowest BCUT2D eigenvalue weighted by atomic mass is 9.63. The van der Waals surface area contributed by atoms with Gasteiger partial charge in [0, 0.05) is 35.7 Å². The minimum Gasteiger partial charge on any atom is -0.359 e. The van der Waals surface area contributed by atoms with Crippen LogP contribution < -0.4 is 0 Å². The van der Waals surface area contributed by atoms with Gasteiger partial charge in [0.05, 0.1) is 11.1 Å². The van der Waals surface area contributed by atoms with Crippen molar-refractivity contribution in [2.24, 2.45) is 5.92 Å². The highest BCUT2D eigenvalue weighted by Gasteiger charge is 2.57. The van der Waals surface area contributed by atoms with Crippen LogP contribution in [0.2, 0.25) is 0 Å². The van der Waals surface area contributed by atoms with E-state index in [0.29, 0.717) is 17.5 Å². The summed E-state index contributed by atoms with van der Waals surface area (Å²) in [6.45, 7) is 4.15. The minimum absolute atomic E-state index is 0.256. The Morgan fingerprint density at radius 3 is 2.65 bits per heavy atom. The van der Waals surface area contributed by atoms with Crippen molar-refractivity contribution in [2.75, 3.05) is 0 Å². The number of hydrogen-bond acceptors (Lipinski definition) is 5. The fraction of sp³-hybridized carbons (Fsp3) is 0.216. The molecule has 210 valence electrons. The Morgan fingerprint density at radius 2 is 1.84 bits per heavy atom. The van der Waals surface area contributed by atoms with Crippen LogP contribution in [0.1, 0.15) is 55.5 Å². The first kappa shape index (κ1) is 25.7. The zero-order chi connectivity index (χ0) is 29.0. The summed E-state index contributed by atoms with van der Waals surface area (Å²) in [6.07, 6.45) is 22.2. The maximum Gasteiger partial charge on any atom is 0.183 e. The molecule has 4 aromatic rings. The Labute approximate surface area is 251 Å². The van der Waals surface area contributed by atoms with E-state index >= 15 is 0 Å². The Balaban J connectivity index is 1.43. The van der Waals surface area contributed by atoms with Gasteiger partial charge >= 0.3 is 0 Å². The topological polar surface area (TPSA) is 91.2 Å². The monoisotopic (exact) mass is 560 g/mol. The Bertz CT molecular complexity index is 1920. The molecule has 2 N–H and O–H groups in total. The van der Waals surface area contributed by atoms with Crippen molar-refractivity contribution < 1.29 is 0 Å². The molecule has 0 amide bonds. The molecule has 0 aliphatic heterocycles. The molecular formula is C37H32N6. The van der Waals surface area contributed by atoms with E-state index < -0.39 is 0 Å². The minimum atomic E-state index is -0.385. The number of fused-ring (bicyclic) bond motifs is 7. The number of benzene rings is 1. The van der Waals surface area contributed by atoms with Gasteiger partial charge in [-0.25, -0.2) is 15.0 Å². The molecule has 3 heterocycles. The third-order valence-electron chi connectivity index (χ3n) is 9.50. The van der Waals surface area contributed by atoms with Crippen molar-refractivity contribution >= 4 is 11.8 Å². The van der Waals surface area contributed by atoms with Gasteiger partial charge in [-0.3, -0.25) is 4.98 Å². The first-order valence-corrected chi connectivity index (χ1v) is 15.2. The van der Waals surface area contributed by atoms with E-state index in [2.05, 4.69) is 66.2 Å². The number of pyridine rings is 1. The molecule has 1 unspecified atom stereocenters. The molecule has 0 fully saturated rings. The van der Waals surface area contributed by atoms with Crippen LogP contribution in [0, 0.1) is 11.3 Å². The van der Waals surface area contributed by atoms with Gasteiger partial charge in [-0.2, -0.15) is 0 Å². The summed E-state index contributed by atoms with van der Waals surface area (Å²) in [5.41, 5.74) is 10.6. The molecule has 1 spiro atoms. The van der Waals surface area contributed by atoms with Gasteiger partial charge in [-0.15, -0.1) is 6.58 Å². The number of aromatic nitrogens is 5. The fourth-order valence-corrected chi connectivity index (χ4v) is 7.91. The molecular weight excluding hydrogens is 528 g/mol. The lowest BCUT2D eigenvalue weighted by molar-refractivity contribution is 0.401. The van der Waals surface area contributed by atoms with Crippen LogP contribution >= 0.6 is 0 Å². The summed E-state index contributed by atoms with van der Waals surface area (Å²) >= 11 is 0. The van der Waals surface area contributed by atoms with Gasteiger partial charge in [0.2, 0.25) is 0 Å². The van der Waals surface area contributed by atoms with Crippen molar-refractivity contribution in [2.45, 2.75) is 43.9 Å². The van der Waals surface area contributed by atoms with Crippen LogP contribution in [0.15, 0.2) is 109 Å². The molecule has 4 aliphatic carbocycles. The Hall–Kier alpha value is -4.97. The van der Waals surface area contributed by atoms with Crippen molar-refractivity contribution in [3.05, 3.63) is 125 Å². The summed E-state index contributed by atoms with van der Waals surface area (Å²) < 4.78 is 0. The number of H-pyrrole nitrogens is 1. The lowest BCUT2D eigenvalue weighted by Gasteiger charge is -2.38. The summed E-state index contributed by atoms with van der Waals surface area (Å²) in [4.78, 5) is 23.3. The van der Waals surface area contributed by atoms with E-state index in [1.807, 2.05) is 30.6 Å². The highest BCUT2D eigenvalue weighted by molar-refractivity contribution is 5.96. The van der Waals surface area contributed by atoms with E-state index in [-0.39, 0.29) is 11.3 Å². The van der Waals surface area contributed by atoms with Crippen molar-refractivity contribution in [1.29, 1.82) is 5.41 Å². The van der Waals surface area contributed by atoms with Gasteiger partial charge in [0.25, 0.3) is 0 Å². The average Bonchev–Trinajstić information content (AvgIpc) is 3.78. The molecule has 3 aromatic heterocycles. The van der Waals surface area contributed by atoms with E-state index in [0.717, 1.165) is 66.6 Å². The molecule has 2 atom stereocenters. The smallest absolute Gasteiger partial charge is 0.183 e. The van der Waals surface area contributed by atoms with Gasteiger partial charge in [0.1, 0.15) is 5.69 Å². The third-order valence-corrected chi connectivity index (χ3v) is 9.50. The molecule has 0 bridgehead atoms. The first-order valence-electron chi connectivity index (χ1n) is 15.2. The van der Waals surface area contributed by atoms with Crippen molar-refractivity contribution in [3.63, 3.8) is 0 Å². The Morgan fingerprint density at radius 1 is 0.953 bits per heavy atom. The molecule has 1 aromatic carbocycles. The van der Waals surface area contributed by atoms with Crippen LogP contribution in [-0.2, 0) is 5.41 Å². The lowest BCUT2D eigenvalue weighted by Crippen LogP contribution is -2.34. The quantitative estimate of drug-likeness (QED) is 0.184. The summed E-state index contributed by atoms with van der Waals surface area (Å²) in [7, 11) is 0. The van der Waals surface area contributed by atoms with Crippen LogP contribution in [0.3, 0.4) is 0 Å². The molecule has 6 heteroatoms. The van der Waals surface area contributed by atoms with E-state index in [9.17, 15) is 0 Å². The largest absolute Gasteiger partial charge is 0.359 e. The van der Waals surface area contributed by atoms with Gasteiger partial charge in [0.15, 0.2) is 17.5 Å². The van der Waals surface area contributed by atoms with E-state index in [1.165, 1.54) is 27.8 Å². The molecule has 8 rings (SSSR count). The number of allylic oxidation sites excluding steroid dienone is 9. The van der Waals surface area contributed by atoms with E-state index in [4.69, 9.17) is 25.3 Å². The maximum atomic E-state index is 8.53. The zero-order valence-electron chi connectivity index (χ0n) is 24.0. The van der Waals surface area contributed by atoms with E-state index in [1.54, 1.807) is 6.21 Å². The number of aromatic amines is 1. The zero-order valence-corrected chi connectivity index (χ0v) is 24.0. The molecule has 0 saturated heterocycles. The van der Waals surface area contributed by atoms with Crippen LogP contribution in [-0.4, -0.2) is 31.1 Å². The van der Waals surface area contributed by atoms with Crippen molar-refractivity contribution in [3.8, 4) is 34.2 Å². The second kappa shape index (κ2) is 10.1. The normalized spacial score (nSPS) is 21.7. The predicted octanol–water partition coefficient (Wildman–Crippen LogP) is 8.19. The van der Waals surface area contributed by atoms with Gasteiger partial charge in [-0.05, 0) is 90.1 Å². The maximum absolute atomic E-state index is 8.53. The number of nitrogens with one attached hydrogen (secondary N) is 2. The highest BCUT2D eigenvalue weighted by atomic mass is 15.1.